The quantitative estimate of drug-likeness (QED) is 0.329. The van der Waals surface area contributed by atoms with Crippen LogP contribution in [-0.2, 0) is 11.2 Å². The lowest BCUT2D eigenvalue weighted by Gasteiger charge is -2.43. The molecule has 4 heteroatoms. The van der Waals surface area contributed by atoms with Gasteiger partial charge in [0.05, 0.1) is 5.76 Å². The van der Waals surface area contributed by atoms with Crippen LogP contribution < -0.4 is 4.74 Å². The molecule has 0 bridgehead atoms. The molecule has 2 N–H and O–H groups in total. The highest BCUT2D eigenvalue weighted by Gasteiger charge is 2.40. The summed E-state index contributed by atoms with van der Waals surface area (Å²) >= 11 is 0. The van der Waals surface area contributed by atoms with Gasteiger partial charge in [-0.05, 0) is 121 Å². The van der Waals surface area contributed by atoms with Gasteiger partial charge < -0.3 is 19.7 Å². The van der Waals surface area contributed by atoms with Crippen molar-refractivity contribution in [3.8, 4) is 5.75 Å². The molecular formula is C36H56O4. The second-order valence-corrected chi connectivity index (χ2v) is 13.9. The van der Waals surface area contributed by atoms with Crippen molar-refractivity contribution in [2.45, 2.75) is 99.7 Å². The first-order chi connectivity index (χ1) is 19.0. The van der Waals surface area contributed by atoms with E-state index in [4.69, 9.17) is 9.47 Å². The van der Waals surface area contributed by atoms with E-state index < -0.39 is 0 Å². The van der Waals surface area contributed by atoms with Gasteiger partial charge in [0.2, 0.25) is 0 Å². The van der Waals surface area contributed by atoms with Gasteiger partial charge in [-0.2, -0.15) is 0 Å². The fraction of sp³-hybridized carbons (Fsp3) is 0.722. The summed E-state index contributed by atoms with van der Waals surface area (Å²) in [7, 11) is 0. The molecule has 2 fully saturated rings. The summed E-state index contributed by atoms with van der Waals surface area (Å²) in [5.41, 5.74) is 4.01. The summed E-state index contributed by atoms with van der Waals surface area (Å²) in [6, 6.07) is 6.58. The molecule has 0 spiro atoms. The van der Waals surface area contributed by atoms with E-state index in [1.807, 2.05) is 0 Å². The van der Waals surface area contributed by atoms with Crippen LogP contribution in [0.3, 0.4) is 0 Å². The number of hydrogen-bond acceptors (Lipinski definition) is 4. The average Bonchev–Trinajstić information content (AvgIpc) is 2.93. The van der Waals surface area contributed by atoms with E-state index >= 15 is 0 Å². The number of aliphatic hydroxyl groups is 2. The summed E-state index contributed by atoms with van der Waals surface area (Å²) < 4.78 is 13.2. The predicted octanol–water partition coefficient (Wildman–Crippen LogP) is 7.75. The lowest BCUT2D eigenvalue weighted by Crippen LogP contribution is -2.43. The third-order valence-corrected chi connectivity index (χ3v) is 11.5. The Kier molecular flexibility index (Phi) is 10.5. The van der Waals surface area contributed by atoms with E-state index in [1.165, 1.54) is 16.7 Å². The number of ether oxygens (including phenoxy) is 2. The maximum atomic E-state index is 9.93. The minimum Gasteiger partial charge on any atom is -0.494 e. The molecule has 11 atom stereocenters. The number of allylic oxidation sites excluding steroid dienone is 4. The Morgan fingerprint density at radius 3 is 1.85 bits per heavy atom. The summed E-state index contributed by atoms with van der Waals surface area (Å²) in [6.07, 6.45) is 9.85. The van der Waals surface area contributed by atoms with Crippen molar-refractivity contribution in [1.29, 1.82) is 0 Å². The maximum absolute atomic E-state index is 9.93. The van der Waals surface area contributed by atoms with Crippen molar-refractivity contribution in [2.75, 3.05) is 13.2 Å². The van der Waals surface area contributed by atoms with Crippen molar-refractivity contribution >= 4 is 0 Å². The van der Waals surface area contributed by atoms with Gasteiger partial charge in [-0.15, -0.1) is 0 Å². The van der Waals surface area contributed by atoms with Crippen LogP contribution >= 0.6 is 0 Å². The largest absolute Gasteiger partial charge is 0.494 e. The molecule has 3 aliphatic rings. The zero-order valence-electron chi connectivity index (χ0n) is 26.4. The topological polar surface area (TPSA) is 58.9 Å². The van der Waals surface area contributed by atoms with E-state index in [0.29, 0.717) is 53.3 Å². The van der Waals surface area contributed by atoms with Gasteiger partial charge in [0.1, 0.15) is 18.0 Å². The molecule has 1 aromatic rings. The molecule has 0 amide bonds. The third kappa shape index (κ3) is 6.98. The zero-order valence-corrected chi connectivity index (χ0v) is 26.4. The molecule has 0 saturated heterocycles. The van der Waals surface area contributed by atoms with E-state index in [1.54, 1.807) is 0 Å². The summed E-state index contributed by atoms with van der Waals surface area (Å²) in [6.45, 7) is 18.8. The van der Waals surface area contributed by atoms with Crippen LogP contribution in [0.4, 0.5) is 0 Å². The second kappa shape index (κ2) is 13.5. The molecule has 3 aliphatic carbocycles. The van der Waals surface area contributed by atoms with Crippen molar-refractivity contribution in [1.82, 2.24) is 0 Å². The van der Waals surface area contributed by atoms with Crippen LogP contribution in [0.2, 0.25) is 0 Å². The van der Waals surface area contributed by atoms with Gasteiger partial charge in [-0.1, -0.05) is 60.6 Å². The molecule has 0 radical (unpaired) electrons. The number of benzene rings is 1. The average molecular weight is 553 g/mol. The summed E-state index contributed by atoms with van der Waals surface area (Å²) in [4.78, 5) is 0. The van der Waals surface area contributed by atoms with Crippen LogP contribution in [-0.4, -0.2) is 35.6 Å². The smallest absolute Gasteiger partial charge is 0.120 e. The van der Waals surface area contributed by atoms with Crippen LogP contribution in [0.5, 0.6) is 5.75 Å². The second-order valence-electron chi connectivity index (χ2n) is 13.9. The molecule has 0 aromatic heterocycles. The fourth-order valence-electron chi connectivity index (χ4n) is 7.70. The van der Waals surface area contributed by atoms with Crippen molar-refractivity contribution in [3.05, 3.63) is 52.8 Å². The van der Waals surface area contributed by atoms with Crippen molar-refractivity contribution in [2.24, 2.45) is 53.3 Å². The monoisotopic (exact) mass is 552 g/mol. The first-order valence-corrected chi connectivity index (χ1v) is 16.1. The van der Waals surface area contributed by atoms with Gasteiger partial charge in [-0.25, -0.2) is 0 Å². The highest BCUT2D eigenvalue weighted by Crippen LogP contribution is 2.42. The Hall–Kier alpha value is -1.78. The SMILES string of the molecule is Cc1cc(OC2CC(CO)C(C)C(C)C2C)ccc1CCC1=CC(C)CC(OC2CC(CO)C(C)C(C)C2C)=C1. The molecule has 4 rings (SSSR count). The molecule has 4 nitrogen and oxygen atoms in total. The van der Waals surface area contributed by atoms with Crippen LogP contribution in [0.25, 0.3) is 0 Å². The number of rotatable bonds is 9. The normalized spacial score (nSPS) is 38.4. The van der Waals surface area contributed by atoms with E-state index in [-0.39, 0.29) is 25.4 Å². The molecule has 0 heterocycles. The number of hydrogen-bond donors (Lipinski definition) is 2. The Labute approximate surface area is 244 Å². The number of aliphatic hydroxyl groups excluding tert-OH is 2. The third-order valence-electron chi connectivity index (χ3n) is 11.5. The Morgan fingerprint density at radius 1 is 0.725 bits per heavy atom. The first kappa shape index (κ1) is 31.2. The molecule has 224 valence electrons. The summed E-state index contributed by atoms with van der Waals surface area (Å²) in [5.74, 6) is 6.28. The Morgan fingerprint density at radius 2 is 1.30 bits per heavy atom. The molecule has 40 heavy (non-hydrogen) atoms. The maximum Gasteiger partial charge on any atom is 0.120 e. The minimum absolute atomic E-state index is 0.150. The van der Waals surface area contributed by atoms with Crippen LogP contribution in [0.1, 0.15) is 85.3 Å². The standard InChI is InChI=1S/C36H56O4/c1-21-13-29(16-34(14-21)40-36-18-32(20-38)26(6)24(4)28(36)8)9-10-30-11-12-33(15-22(30)2)39-35-17-31(19-37)25(5)23(3)27(35)7/h11-13,15-16,21,23-28,31-32,35-38H,9-10,14,17-20H2,1-8H3. The summed E-state index contributed by atoms with van der Waals surface area (Å²) in [5, 5.41) is 19.8. The van der Waals surface area contributed by atoms with Gasteiger partial charge in [-0.3, -0.25) is 0 Å². The van der Waals surface area contributed by atoms with Gasteiger partial charge in [0.25, 0.3) is 0 Å². The van der Waals surface area contributed by atoms with Crippen molar-refractivity contribution < 1.29 is 19.7 Å². The molecule has 2 saturated carbocycles. The zero-order chi connectivity index (χ0) is 29.1. The Balaban J connectivity index is 1.37. The number of aryl methyl sites for hydroxylation is 2. The minimum atomic E-state index is 0.150. The van der Waals surface area contributed by atoms with Gasteiger partial charge in [0.15, 0.2) is 0 Å². The molecular weight excluding hydrogens is 496 g/mol. The van der Waals surface area contributed by atoms with Gasteiger partial charge in [0, 0.05) is 19.6 Å². The van der Waals surface area contributed by atoms with Crippen LogP contribution in [0, 0.1) is 60.2 Å². The molecule has 0 aliphatic heterocycles. The molecule has 11 unspecified atom stereocenters. The highest BCUT2D eigenvalue weighted by molar-refractivity contribution is 5.36. The highest BCUT2D eigenvalue weighted by atomic mass is 16.5. The van der Waals surface area contributed by atoms with E-state index in [2.05, 4.69) is 85.7 Å². The van der Waals surface area contributed by atoms with E-state index in [0.717, 1.165) is 43.6 Å². The Bertz CT molecular complexity index is 1040. The van der Waals surface area contributed by atoms with E-state index in [9.17, 15) is 10.2 Å². The van der Waals surface area contributed by atoms with Crippen molar-refractivity contribution in [3.63, 3.8) is 0 Å². The fourth-order valence-corrected chi connectivity index (χ4v) is 7.70. The lowest BCUT2D eigenvalue weighted by molar-refractivity contribution is -0.0474. The molecule has 1 aromatic carbocycles. The van der Waals surface area contributed by atoms with Crippen LogP contribution in [0.15, 0.2) is 41.7 Å². The lowest BCUT2D eigenvalue weighted by atomic mass is 9.67. The van der Waals surface area contributed by atoms with Gasteiger partial charge >= 0.3 is 0 Å². The predicted molar refractivity (Wildman–Crippen MR) is 164 cm³/mol. The first-order valence-electron chi connectivity index (χ1n) is 16.1.